The van der Waals surface area contributed by atoms with Gasteiger partial charge in [0.1, 0.15) is 5.82 Å². The highest BCUT2D eigenvalue weighted by atomic mass is 19.1. The fourth-order valence-corrected chi connectivity index (χ4v) is 5.52. The highest BCUT2D eigenvalue weighted by Crippen LogP contribution is 2.43. The molecule has 1 saturated carbocycles. The molecule has 0 spiro atoms. The van der Waals surface area contributed by atoms with Crippen LogP contribution in [0.1, 0.15) is 55.2 Å². The van der Waals surface area contributed by atoms with E-state index in [9.17, 15) is 4.39 Å². The van der Waals surface area contributed by atoms with Crippen molar-refractivity contribution < 1.29 is 4.39 Å². The number of aryl methyl sites for hydroxylation is 2. The fraction of sp³-hybridized carbons (Fsp3) is 0.321. The third-order valence-electron chi connectivity index (χ3n) is 6.95. The van der Waals surface area contributed by atoms with Gasteiger partial charge < -0.3 is 0 Å². The summed E-state index contributed by atoms with van der Waals surface area (Å²) in [4.78, 5) is 4.79. The normalized spacial score (nSPS) is 15.9. The molecule has 0 saturated heterocycles. The molecule has 4 aromatic rings. The van der Waals surface area contributed by atoms with Gasteiger partial charge >= 0.3 is 0 Å². The number of nitrogens with zero attached hydrogens (tertiary/aromatic N) is 1. The van der Waals surface area contributed by atoms with Crippen LogP contribution in [0.2, 0.25) is 0 Å². The molecule has 0 radical (unpaired) electrons. The van der Waals surface area contributed by atoms with E-state index < -0.39 is 0 Å². The number of fused-ring (bicyclic) bond motifs is 3. The zero-order chi connectivity index (χ0) is 20.8. The summed E-state index contributed by atoms with van der Waals surface area (Å²) >= 11 is 0. The highest BCUT2D eigenvalue weighted by Gasteiger charge is 2.25. The van der Waals surface area contributed by atoms with Gasteiger partial charge in [0.2, 0.25) is 0 Å². The summed E-state index contributed by atoms with van der Waals surface area (Å²) < 4.78 is 14.4. The first kappa shape index (κ1) is 19.2. The molecule has 0 N–H and O–H groups in total. The molecule has 152 valence electrons. The average Bonchev–Trinajstić information content (AvgIpc) is 3.26. The molecule has 1 aromatic heterocycles. The third kappa shape index (κ3) is 3.29. The number of pyridine rings is 1. The first-order valence-corrected chi connectivity index (χ1v) is 11.1. The minimum absolute atomic E-state index is 0.168. The number of hydrogen-bond acceptors (Lipinski definition) is 1. The number of benzene rings is 3. The number of hydrogen-bond donors (Lipinski definition) is 0. The molecular formula is C28H28FN. The number of halogens is 1. The smallest absolute Gasteiger partial charge is 0.123 e. The van der Waals surface area contributed by atoms with Gasteiger partial charge in [-0.15, -0.1) is 0 Å². The Kier molecular flexibility index (Phi) is 4.81. The summed E-state index contributed by atoms with van der Waals surface area (Å²) in [6, 6.07) is 16.2. The van der Waals surface area contributed by atoms with E-state index in [1.54, 1.807) is 12.1 Å². The lowest BCUT2D eigenvalue weighted by molar-refractivity contribution is 0.463. The van der Waals surface area contributed by atoms with Crippen molar-refractivity contribution in [1.82, 2.24) is 4.98 Å². The summed E-state index contributed by atoms with van der Waals surface area (Å²) in [5.74, 6) is 0.951. The van der Waals surface area contributed by atoms with Crippen LogP contribution in [-0.4, -0.2) is 4.98 Å². The predicted octanol–water partition coefficient (Wildman–Crippen LogP) is 8.10. The van der Waals surface area contributed by atoms with Crippen LogP contribution >= 0.6 is 0 Å². The Morgan fingerprint density at radius 1 is 0.900 bits per heavy atom. The molecule has 1 nitrogen and oxygen atoms in total. The molecule has 5 rings (SSSR count). The molecule has 1 heterocycles. The van der Waals surface area contributed by atoms with E-state index in [1.165, 1.54) is 47.8 Å². The van der Waals surface area contributed by atoms with Crippen molar-refractivity contribution in [3.63, 3.8) is 0 Å². The second kappa shape index (κ2) is 7.50. The molecular weight excluding hydrogens is 369 g/mol. The first-order chi connectivity index (χ1) is 14.5. The van der Waals surface area contributed by atoms with Crippen LogP contribution < -0.4 is 0 Å². The van der Waals surface area contributed by atoms with Gasteiger partial charge in [-0.2, -0.15) is 0 Å². The second-order valence-electron chi connectivity index (χ2n) is 9.12. The third-order valence-corrected chi connectivity index (χ3v) is 6.95. The molecule has 2 heteroatoms. The standard InChI is InChI=1S/C28H28FN/c1-17-12-18(2)14-22(13-17)28-27-21(10-11-30-28)15-25(19(3)20-6-4-5-7-20)26-16-23(29)8-9-24(26)27/h8-16,19-20H,4-7H2,1-3H3. The van der Waals surface area contributed by atoms with Crippen LogP contribution in [0.5, 0.6) is 0 Å². The van der Waals surface area contributed by atoms with E-state index in [1.807, 2.05) is 12.3 Å². The maximum absolute atomic E-state index is 14.4. The molecule has 30 heavy (non-hydrogen) atoms. The molecule has 3 aromatic carbocycles. The lowest BCUT2D eigenvalue weighted by Gasteiger charge is -2.23. The van der Waals surface area contributed by atoms with Crippen LogP contribution in [0.4, 0.5) is 4.39 Å². The molecule has 0 bridgehead atoms. The van der Waals surface area contributed by atoms with Crippen molar-refractivity contribution in [3.05, 3.63) is 77.2 Å². The van der Waals surface area contributed by atoms with Crippen LogP contribution in [0.15, 0.2) is 54.7 Å². The van der Waals surface area contributed by atoms with Crippen LogP contribution in [0.3, 0.4) is 0 Å². The van der Waals surface area contributed by atoms with Gasteiger partial charge in [0.25, 0.3) is 0 Å². The zero-order valence-electron chi connectivity index (χ0n) is 18.0. The van der Waals surface area contributed by atoms with Gasteiger partial charge in [-0.05, 0) is 90.6 Å². The SMILES string of the molecule is Cc1cc(C)cc(-c2nccc3cc(C(C)C4CCCC4)c4cc(F)ccc4c23)c1. The van der Waals surface area contributed by atoms with Crippen molar-refractivity contribution >= 4 is 21.5 Å². The largest absolute Gasteiger partial charge is 0.256 e. The maximum Gasteiger partial charge on any atom is 0.123 e. The molecule has 1 aliphatic carbocycles. The van der Waals surface area contributed by atoms with E-state index in [2.05, 4.69) is 51.1 Å². The van der Waals surface area contributed by atoms with Crippen molar-refractivity contribution in [2.45, 2.75) is 52.4 Å². The average molecular weight is 398 g/mol. The van der Waals surface area contributed by atoms with E-state index in [4.69, 9.17) is 4.98 Å². The van der Waals surface area contributed by atoms with Crippen LogP contribution in [-0.2, 0) is 0 Å². The Morgan fingerprint density at radius 3 is 2.37 bits per heavy atom. The van der Waals surface area contributed by atoms with E-state index in [-0.39, 0.29) is 5.82 Å². The monoisotopic (exact) mass is 397 g/mol. The summed E-state index contributed by atoms with van der Waals surface area (Å²) in [5.41, 5.74) is 5.84. The summed E-state index contributed by atoms with van der Waals surface area (Å²) in [7, 11) is 0. The van der Waals surface area contributed by atoms with Gasteiger partial charge in [0.15, 0.2) is 0 Å². The van der Waals surface area contributed by atoms with Crippen molar-refractivity contribution in [2.75, 3.05) is 0 Å². The van der Waals surface area contributed by atoms with Crippen molar-refractivity contribution in [1.29, 1.82) is 0 Å². The highest BCUT2D eigenvalue weighted by molar-refractivity contribution is 6.14. The molecule has 1 unspecified atom stereocenters. The Labute approximate surface area is 178 Å². The van der Waals surface area contributed by atoms with Crippen LogP contribution in [0, 0.1) is 25.6 Å². The van der Waals surface area contributed by atoms with Gasteiger partial charge in [0.05, 0.1) is 5.69 Å². The van der Waals surface area contributed by atoms with E-state index in [0.717, 1.165) is 27.4 Å². The first-order valence-electron chi connectivity index (χ1n) is 11.1. The van der Waals surface area contributed by atoms with Gasteiger partial charge in [0, 0.05) is 17.1 Å². The minimum Gasteiger partial charge on any atom is -0.256 e. The molecule has 1 fully saturated rings. The van der Waals surface area contributed by atoms with Crippen LogP contribution in [0.25, 0.3) is 32.8 Å². The number of rotatable bonds is 3. The Hall–Kier alpha value is -2.74. The summed E-state index contributed by atoms with van der Waals surface area (Å²) in [6.07, 6.45) is 7.10. The summed E-state index contributed by atoms with van der Waals surface area (Å²) in [5, 5.41) is 4.47. The number of aromatic nitrogens is 1. The second-order valence-corrected chi connectivity index (χ2v) is 9.12. The molecule has 0 amide bonds. The van der Waals surface area contributed by atoms with E-state index >= 15 is 0 Å². The van der Waals surface area contributed by atoms with Gasteiger partial charge in [-0.3, -0.25) is 4.98 Å². The fourth-order valence-electron chi connectivity index (χ4n) is 5.52. The van der Waals surface area contributed by atoms with Gasteiger partial charge in [-0.1, -0.05) is 49.1 Å². The summed E-state index contributed by atoms with van der Waals surface area (Å²) in [6.45, 7) is 6.57. The Balaban J connectivity index is 1.82. The van der Waals surface area contributed by atoms with Gasteiger partial charge in [-0.25, -0.2) is 4.39 Å². The minimum atomic E-state index is -0.168. The van der Waals surface area contributed by atoms with Crippen molar-refractivity contribution in [3.8, 4) is 11.3 Å². The Bertz CT molecular complexity index is 1230. The Morgan fingerprint density at radius 2 is 1.63 bits per heavy atom. The molecule has 0 aliphatic heterocycles. The van der Waals surface area contributed by atoms with E-state index in [0.29, 0.717) is 11.8 Å². The molecule has 1 aliphatic rings. The molecule has 1 atom stereocenters. The quantitative estimate of drug-likeness (QED) is 0.318. The topological polar surface area (TPSA) is 12.9 Å². The zero-order valence-corrected chi connectivity index (χ0v) is 18.0. The lowest BCUT2D eigenvalue weighted by Crippen LogP contribution is -2.07. The maximum atomic E-state index is 14.4. The lowest BCUT2D eigenvalue weighted by atomic mass is 9.82. The predicted molar refractivity (Wildman–Crippen MR) is 124 cm³/mol. The van der Waals surface area contributed by atoms with Crippen molar-refractivity contribution in [2.24, 2.45) is 5.92 Å².